The van der Waals surface area contributed by atoms with Gasteiger partial charge in [-0.05, 0) is 53.1 Å². The Morgan fingerprint density at radius 3 is 1.90 bits per heavy atom. The second-order valence-electron chi connectivity index (χ2n) is 10.3. The van der Waals surface area contributed by atoms with E-state index in [2.05, 4.69) is 54.6 Å². The minimum absolute atomic E-state index is 0.472. The summed E-state index contributed by atoms with van der Waals surface area (Å²) in [5.74, 6) is 0. The van der Waals surface area contributed by atoms with Crippen molar-refractivity contribution in [2.45, 2.75) is 0 Å². The summed E-state index contributed by atoms with van der Waals surface area (Å²) in [6.45, 7) is 0. The molecule has 42 heavy (non-hydrogen) atoms. The van der Waals surface area contributed by atoms with Crippen LogP contribution < -0.4 is 0 Å². The molecule has 0 spiro atoms. The zero-order chi connectivity index (χ0) is 28.2. The lowest BCUT2D eigenvalue weighted by Gasteiger charge is -2.17. The highest BCUT2D eigenvalue weighted by Gasteiger charge is 2.23. The molecule has 0 saturated heterocycles. The van der Waals surface area contributed by atoms with E-state index in [1.807, 2.05) is 78.9 Å². The van der Waals surface area contributed by atoms with E-state index in [1.54, 1.807) is 11.3 Å². The molecular formula is C38H20N2OS. The number of nitrogens with zero attached hydrogens (tertiary/aromatic N) is 2. The lowest BCUT2D eigenvalue weighted by molar-refractivity contribution is 0.669. The van der Waals surface area contributed by atoms with Crippen LogP contribution in [-0.4, -0.2) is 0 Å². The van der Waals surface area contributed by atoms with E-state index >= 15 is 0 Å². The Hall–Kier alpha value is -5.68. The first-order valence-corrected chi connectivity index (χ1v) is 14.4. The molecule has 0 aliphatic heterocycles. The van der Waals surface area contributed by atoms with E-state index < -0.39 is 0 Å². The summed E-state index contributed by atoms with van der Waals surface area (Å²) in [5.41, 5.74) is 7.33. The second kappa shape index (κ2) is 9.46. The topological polar surface area (TPSA) is 60.7 Å². The zero-order valence-corrected chi connectivity index (χ0v) is 23.1. The number of furan rings is 1. The van der Waals surface area contributed by atoms with Crippen LogP contribution in [0.3, 0.4) is 0 Å². The number of thiophene rings is 1. The first kappa shape index (κ1) is 24.1. The van der Waals surface area contributed by atoms with Gasteiger partial charge in [0.15, 0.2) is 0 Å². The quantitative estimate of drug-likeness (QED) is 0.219. The maximum Gasteiger partial charge on any atom is 0.136 e. The van der Waals surface area contributed by atoms with Gasteiger partial charge in [-0.15, -0.1) is 11.3 Å². The summed E-state index contributed by atoms with van der Waals surface area (Å²) < 4.78 is 8.60. The molecule has 0 bridgehead atoms. The molecule has 2 heterocycles. The summed E-state index contributed by atoms with van der Waals surface area (Å²) in [7, 11) is 0. The standard InChI is InChI=1S/C38H20N2OS/c39-21-32-30(23-8-2-1-3-9-23)20-31(24-14-17-29-28-11-5-7-13-36(28)42-37(29)19-24)33(22-40)38(32)25-15-16-27-26-10-4-6-12-34(26)41-35(27)18-25/h1-20H. The van der Waals surface area contributed by atoms with Crippen molar-refractivity contribution in [1.82, 2.24) is 0 Å². The summed E-state index contributed by atoms with van der Waals surface area (Å²) in [5, 5.41) is 25.7. The molecule has 0 saturated carbocycles. The van der Waals surface area contributed by atoms with E-state index in [1.165, 1.54) is 15.5 Å². The van der Waals surface area contributed by atoms with Crippen LogP contribution >= 0.6 is 11.3 Å². The molecule has 0 aliphatic carbocycles. The van der Waals surface area contributed by atoms with Gasteiger partial charge in [0.2, 0.25) is 0 Å². The molecule has 0 aliphatic rings. The van der Waals surface area contributed by atoms with Crippen molar-refractivity contribution < 1.29 is 4.42 Å². The number of hydrogen-bond acceptors (Lipinski definition) is 4. The van der Waals surface area contributed by atoms with Crippen molar-refractivity contribution in [2.24, 2.45) is 0 Å². The van der Waals surface area contributed by atoms with Crippen LogP contribution in [0.2, 0.25) is 0 Å². The van der Waals surface area contributed by atoms with E-state index in [9.17, 15) is 10.5 Å². The fourth-order valence-corrected chi connectivity index (χ4v) is 7.20. The zero-order valence-electron chi connectivity index (χ0n) is 22.3. The first-order chi connectivity index (χ1) is 20.7. The third-order valence-electron chi connectivity index (χ3n) is 7.99. The van der Waals surface area contributed by atoms with E-state index in [0.717, 1.165) is 54.5 Å². The van der Waals surface area contributed by atoms with Crippen LogP contribution in [0.15, 0.2) is 126 Å². The highest BCUT2D eigenvalue weighted by molar-refractivity contribution is 7.25. The number of hydrogen-bond donors (Lipinski definition) is 0. The lowest BCUT2D eigenvalue weighted by Crippen LogP contribution is -1.98. The van der Waals surface area contributed by atoms with Crippen LogP contribution in [0.25, 0.3) is 75.5 Å². The van der Waals surface area contributed by atoms with Crippen molar-refractivity contribution in [2.75, 3.05) is 0 Å². The maximum atomic E-state index is 10.7. The minimum atomic E-state index is 0.472. The molecule has 0 radical (unpaired) electrons. The van der Waals surface area contributed by atoms with Crippen molar-refractivity contribution in [3.05, 3.63) is 132 Å². The molecule has 3 nitrogen and oxygen atoms in total. The van der Waals surface area contributed by atoms with Gasteiger partial charge < -0.3 is 4.42 Å². The molecule has 0 atom stereocenters. The lowest BCUT2D eigenvalue weighted by atomic mass is 9.84. The van der Waals surface area contributed by atoms with Gasteiger partial charge in [-0.3, -0.25) is 0 Å². The molecule has 0 amide bonds. The third-order valence-corrected chi connectivity index (χ3v) is 9.13. The molecule has 2 aromatic heterocycles. The summed E-state index contributed by atoms with van der Waals surface area (Å²) in [4.78, 5) is 0. The Morgan fingerprint density at radius 2 is 1.10 bits per heavy atom. The number of benzene rings is 6. The Kier molecular flexibility index (Phi) is 5.44. The van der Waals surface area contributed by atoms with Crippen molar-refractivity contribution in [3.8, 4) is 45.5 Å². The Labute approximate surface area is 245 Å². The van der Waals surface area contributed by atoms with Crippen LogP contribution in [0.5, 0.6) is 0 Å². The molecule has 6 aromatic carbocycles. The smallest absolute Gasteiger partial charge is 0.136 e. The Morgan fingerprint density at radius 1 is 0.476 bits per heavy atom. The predicted octanol–water partition coefficient (Wildman–Crippen LogP) is 10.7. The molecule has 0 fully saturated rings. The SMILES string of the molecule is N#Cc1c(-c2ccccc2)cc(-c2ccc3c(c2)sc2ccccc23)c(C#N)c1-c1ccc2c(c1)oc1ccccc12. The highest BCUT2D eigenvalue weighted by atomic mass is 32.1. The molecule has 0 unspecified atom stereocenters. The van der Waals surface area contributed by atoms with Gasteiger partial charge in [0.1, 0.15) is 23.3 Å². The molecular weight excluding hydrogens is 532 g/mol. The Balaban J connectivity index is 1.44. The van der Waals surface area contributed by atoms with Crippen LogP contribution in [0.1, 0.15) is 11.1 Å². The van der Waals surface area contributed by atoms with E-state index in [4.69, 9.17) is 4.42 Å². The van der Waals surface area contributed by atoms with Gasteiger partial charge in [0.05, 0.1) is 11.1 Å². The fourth-order valence-electron chi connectivity index (χ4n) is 6.05. The molecule has 4 heteroatoms. The fraction of sp³-hybridized carbons (Fsp3) is 0. The molecule has 0 N–H and O–H groups in total. The minimum Gasteiger partial charge on any atom is -0.456 e. The van der Waals surface area contributed by atoms with Gasteiger partial charge in [0, 0.05) is 47.6 Å². The van der Waals surface area contributed by atoms with E-state index in [0.29, 0.717) is 16.7 Å². The maximum absolute atomic E-state index is 10.7. The van der Waals surface area contributed by atoms with Crippen LogP contribution in [0.4, 0.5) is 0 Å². The van der Waals surface area contributed by atoms with Gasteiger partial charge >= 0.3 is 0 Å². The average Bonchev–Trinajstić information content (AvgIpc) is 3.61. The summed E-state index contributed by atoms with van der Waals surface area (Å²) >= 11 is 1.75. The van der Waals surface area contributed by atoms with Gasteiger partial charge in [0.25, 0.3) is 0 Å². The number of nitriles is 2. The number of fused-ring (bicyclic) bond motifs is 6. The third kappa shape index (κ3) is 3.64. The van der Waals surface area contributed by atoms with Crippen LogP contribution in [0, 0.1) is 22.7 Å². The monoisotopic (exact) mass is 552 g/mol. The van der Waals surface area contributed by atoms with Crippen molar-refractivity contribution in [1.29, 1.82) is 10.5 Å². The first-order valence-electron chi connectivity index (χ1n) is 13.6. The number of rotatable bonds is 3. The average molecular weight is 553 g/mol. The largest absolute Gasteiger partial charge is 0.456 e. The Bertz CT molecular complexity index is 2430. The van der Waals surface area contributed by atoms with Crippen LogP contribution in [-0.2, 0) is 0 Å². The predicted molar refractivity (Wildman–Crippen MR) is 172 cm³/mol. The summed E-state index contributed by atoms with van der Waals surface area (Å²) in [6, 6.07) is 45.6. The van der Waals surface area contributed by atoms with Gasteiger partial charge in [-0.2, -0.15) is 10.5 Å². The molecule has 8 rings (SSSR count). The van der Waals surface area contributed by atoms with Crippen molar-refractivity contribution >= 4 is 53.4 Å². The molecule has 8 aromatic rings. The molecule has 194 valence electrons. The van der Waals surface area contributed by atoms with E-state index in [-0.39, 0.29) is 0 Å². The van der Waals surface area contributed by atoms with Gasteiger partial charge in [-0.1, -0.05) is 84.9 Å². The normalized spacial score (nSPS) is 11.3. The second-order valence-corrected chi connectivity index (χ2v) is 11.4. The highest BCUT2D eigenvalue weighted by Crippen LogP contribution is 2.44. The number of para-hydroxylation sites is 1. The van der Waals surface area contributed by atoms with Crippen molar-refractivity contribution in [3.63, 3.8) is 0 Å². The van der Waals surface area contributed by atoms with Gasteiger partial charge in [-0.25, -0.2) is 0 Å². The summed E-state index contributed by atoms with van der Waals surface area (Å²) in [6.07, 6.45) is 0.